The van der Waals surface area contributed by atoms with Gasteiger partial charge >= 0.3 is 17.9 Å². The number of carbonyl (C=O) groups excluding carboxylic acids is 3. The molecule has 0 N–H and O–H groups in total. The van der Waals surface area contributed by atoms with Crippen LogP contribution in [0.2, 0.25) is 0 Å². The molecular formula is C38H72O6. The quantitative estimate of drug-likeness (QED) is 0.0410. The van der Waals surface area contributed by atoms with Crippen molar-refractivity contribution in [3.8, 4) is 0 Å². The molecule has 2 atom stereocenters. The van der Waals surface area contributed by atoms with Crippen molar-refractivity contribution in [1.82, 2.24) is 0 Å². The molecule has 0 spiro atoms. The summed E-state index contributed by atoms with van der Waals surface area (Å²) in [6.07, 6.45) is 28.3. The van der Waals surface area contributed by atoms with Gasteiger partial charge in [-0.2, -0.15) is 0 Å². The third-order valence-corrected chi connectivity index (χ3v) is 8.65. The van der Waals surface area contributed by atoms with E-state index in [0.717, 1.165) is 70.1 Å². The van der Waals surface area contributed by atoms with Crippen LogP contribution >= 0.6 is 0 Å². The van der Waals surface area contributed by atoms with Crippen LogP contribution in [0.25, 0.3) is 0 Å². The van der Waals surface area contributed by atoms with Crippen LogP contribution in [0.4, 0.5) is 0 Å². The first kappa shape index (κ1) is 42.4. The summed E-state index contributed by atoms with van der Waals surface area (Å²) in [5, 5.41) is 0. The number of rotatable bonds is 33. The van der Waals surface area contributed by atoms with Gasteiger partial charge in [-0.3, -0.25) is 14.4 Å². The highest BCUT2D eigenvalue weighted by Crippen LogP contribution is 2.15. The number of unbranched alkanes of at least 4 members (excludes halogenated alkanes) is 19. The molecule has 0 rings (SSSR count). The molecule has 44 heavy (non-hydrogen) atoms. The van der Waals surface area contributed by atoms with Crippen molar-refractivity contribution >= 4 is 17.9 Å². The summed E-state index contributed by atoms with van der Waals surface area (Å²) in [5.41, 5.74) is 0. The van der Waals surface area contributed by atoms with Crippen LogP contribution in [0.1, 0.15) is 201 Å². The average molecular weight is 625 g/mol. The predicted octanol–water partition coefficient (Wildman–Crippen LogP) is 11.2. The minimum atomic E-state index is -0.756. The summed E-state index contributed by atoms with van der Waals surface area (Å²) in [7, 11) is 0. The Morgan fingerprint density at radius 2 is 0.795 bits per heavy atom. The van der Waals surface area contributed by atoms with Crippen molar-refractivity contribution < 1.29 is 28.6 Å². The minimum absolute atomic E-state index is 0.0671. The smallest absolute Gasteiger partial charge is 0.306 e. The Kier molecular flexibility index (Phi) is 31.6. The van der Waals surface area contributed by atoms with Crippen LogP contribution in [0.5, 0.6) is 0 Å². The van der Waals surface area contributed by atoms with E-state index < -0.39 is 6.10 Å². The maximum atomic E-state index is 12.4. The summed E-state index contributed by atoms with van der Waals surface area (Å²) in [4.78, 5) is 37.1. The molecule has 0 aromatic carbocycles. The van der Waals surface area contributed by atoms with Crippen LogP contribution < -0.4 is 0 Å². The largest absolute Gasteiger partial charge is 0.462 e. The Morgan fingerprint density at radius 3 is 1.18 bits per heavy atom. The maximum absolute atomic E-state index is 12.4. The van der Waals surface area contributed by atoms with Crippen molar-refractivity contribution in [2.75, 3.05) is 13.2 Å². The van der Waals surface area contributed by atoms with Crippen molar-refractivity contribution in [2.45, 2.75) is 207 Å². The van der Waals surface area contributed by atoms with Gasteiger partial charge in [-0.15, -0.1) is 0 Å². The molecule has 0 aliphatic carbocycles. The summed E-state index contributed by atoms with van der Waals surface area (Å²) in [6.45, 7) is 8.84. The molecule has 6 nitrogen and oxygen atoms in total. The van der Waals surface area contributed by atoms with E-state index in [1.807, 2.05) is 0 Å². The van der Waals surface area contributed by atoms with Crippen molar-refractivity contribution in [1.29, 1.82) is 0 Å². The highest BCUT2D eigenvalue weighted by molar-refractivity contribution is 5.71. The van der Waals surface area contributed by atoms with Crippen molar-refractivity contribution in [3.63, 3.8) is 0 Å². The van der Waals surface area contributed by atoms with Crippen LogP contribution in [0.3, 0.4) is 0 Å². The second kappa shape index (κ2) is 32.8. The number of ether oxygens (including phenoxy) is 3. The van der Waals surface area contributed by atoms with Gasteiger partial charge in [0.1, 0.15) is 13.2 Å². The Balaban J connectivity index is 4.26. The summed E-state index contributed by atoms with van der Waals surface area (Å²) < 4.78 is 16.5. The zero-order chi connectivity index (χ0) is 32.5. The van der Waals surface area contributed by atoms with E-state index in [9.17, 15) is 14.4 Å². The van der Waals surface area contributed by atoms with E-state index in [2.05, 4.69) is 27.7 Å². The van der Waals surface area contributed by atoms with E-state index in [-0.39, 0.29) is 31.1 Å². The second-order valence-electron chi connectivity index (χ2n) is 13.1. The van der Waals surface area contributed by atoms with Gasteiger partial charge in [0, 0.05) is 19.3 Å². The molecule has 0 fully saturated rings. The zero-order valence-electron chi connectivity index (χ0n) is 29.6. The lowest BCUT2D eigenvalue weighted by atomic mass is 10.00. The van der Waals surface area contributed by atoms with E-state index in [1.165, 1.54) is 89.9 Å². The number of esters is 3. The first-order chi connectivity index (χ1) is 21.4. The maximum Gasteiger partial charge on any atom is 0.306 e. The van der Waals surface area contributed by atoms with E-state index in [0.29, 0.717) is 19.3 Å². The SMILES string of the molecule is CCCCCCCCCCCCCC(=O)OC[C@H](COC(=O)CCCCCCCCC(C)CC)OC(=O)CCCCCCC. The third-order valence-electron chi connectivity index (χ3n) is 8.65. The van der Waals surface area contributed by atoms with Crippen LogP contribution in [0.15, 0.2) is 0 Å². The predicted molar refractivity (Wildman–Crippen MR) is 183 cm³/mol. The lowest BCUT2D eigenvalue weighted by Gasteiger charge is -2.18. The Labute approximate surface area is 272 Å². The fourth-order valence-electron chi connectivity index (χ4n) is 5.36. The van der Waals surface area contributed by atoms with Crippen LogP contribution in [-0.2, 0) is 28.6 Å². The molecule has 0 aromatic rings. The third kappa shape index (κ3) is 30.4. The van der Waals surface area contributed by atoms with Gasteiger partial charge in [-0.1, -0.05) is 163 Å². The highest BCUT2D eigenvalue weighted by Gasteiger charge is 2.19. The molecule has 0 aliphatic rings. The normalized spacial score (nSPS) is 12.5. The van der Waals surface area contributed by atoms with Crippen LogP contribution in [0, 0.1) is 5.92 Å². The lowest BCUT2D eigenvalue weighted by Crippen LogP contribution is -2.30. The van der Waals surface area contributed by atoms with Crippen LogP contribution in [-0.4, -0.2) is 37.2 Å². The molecule has 0 aromatic heterocycles. The van der Waals surface area contributed by atoms with Gasteiger partial charge in [0.2, 0.25) is 0 Å². The monoisotopic (exact) mass is 625 g/mol. The minimum Gasteiger partial charge on any atom is -0.462 e. The summed E-state index contributed by atoms with van der Waals surface area (Å²) in [5.74, 6) is -0.0689. The number of hydrogen-bond donors (Lipinski definition) is 0. The molecule has 260 valence electrons. The van der Waals surface area contributed by atoms with Gasteiger partial charge in [-0.25, -0.2) is 0 Å². The van der Waals surface area contributed by atoms with Gasteiger partial charge in [-0.05, 0) is 25.2 Å². The molecule has 6 heteroatoms. The topological polar surface area (TPSA) is 78.9 Å². The lowest BCUT2D eigenvalue weighted by molar-refractivity contribution is -0.167. The van der Waals surface area contributed by atoms with Crippen molar-refractivity contribution in [2.24, 2.45) is 5.92 Å². The summed E-state index contributed by atoms with van der Waals surface area (Å²) >= 11 is 0. The summed E-state index contributed by atoms with van der Waals surface area (Å²) in [6, 6.07) is 0. The second-order valence-corrected chi connectivity index (χ2v) is 13.1. The highest BCUT2D eigenvalue weighted by atomic mass is 16.6. The molecule has 0 saturated heterocycles. The fraction of sp³-hybridized carbons (Fsp3) is 0.921. The molecule has 0 radical (unpaired) electrons. The Hall–Kier alpha value is -1.59. The first-order valence-electron chi connectivity index (χ1n) is 18.9. The standard InChI is InChI=1S/C38H72O6/c1-5-8-10-12-13-14-15-16-17-22-25-29-36(39)42-32-35(44-38(41)31-27-20-11-9-6-2)33-43-37(40)30-26-23-19-18-21-24-28-34(4)7-3/h34-35H,5-33H2,1-4H3/t34?,35-/m1/s1. The molecular weight excluding hydrogens is 552 g/mol. The van der Waals surface area contributed by atoms with E-state index in [4.69, 9.17) is 14.2 Å². The van der Waals surface area contributed by atoms with E-state index in [1.54, 1.807) is 0 Å². The van der Waals surface area contributed by atoms with Gasteiger partial charge < -0.3 is 14.2 Å². The number of hydrogen-bond acceptors (Lipinski definition) is 6. The first-order valence-corrected chi connectivity index (χ1v) is 18.9. The van der Waals surface area contributed by atoms with E-state index >= 15 is 0 Å². The molecule has 0 saturated carbocycles. The number of carbonyl (C=O) groups is 3. The zero-order valence-corrected chi connectivity index (χ0v) is 29.6. The Morgan fingerprint density at radius 1 is 0.455 bits per heavy atom. The van der Waals surface area contributed by atoms with Crippen molar-refractivity contribution in [3.05, 3.63) is 0 Å². The molecule has 0 bridgehead atoms. The molecule has 1 unspecified atom stereocenters. The molecule has 0 aliphatic heterocycles. The molecule has 0 amide bonds. The van der Waals surface area contributed by atoms with Gasteiger partial charge in [0.05, 0.1) is 0 Å². The Bertz CT molecular complexity index is 664. The molecule has 0 heterocycles. The fourth-order valence-corrected chi connectivity index (χ4v) is 5.36. The average Bonchev–Trinajstić information content (AvgIpc) is 3.02. The van der Waals surface area contributed by atoms with Gasteiger partial charge in [0.25, 0.3) is 0 Å². The van der Waals surface area contributed by atoms with Gasteiger partial charge in [0.15, 0.2) is 6.10 Å².